The third-order valence-corrected chi connectivity index (χ3v) is 6.18. The molecule has 0 aliphatic carbocycles. The van der Waals surface area contributed by atoms with Crippen LogP contribution in [0.15, 0.2) is 66.9 Å². The van der Waals surface area contributed by atoms with Crippen LogP contribution in [0.1, 0.15) is 16.7 Å². The average Bonchev–Trinajstić information content (AvgIpc) is 3.19. The van der Waals surface area contributed by atoms with Gasteiger partial charge in [0.15, 0.2) is 0 Å². The van der Waals surface area contributed by atoms with Gasteiger partial charge in [0.25, 0.3) is 0 Å². The first-order valence-corrected chi connectivity index (χ1v) is 11.4. The number of hydrogen-bond acceptors (Lipinski definition) is 3. The summed E-state index contributed by atoms with van der Waals surface area (Å²) in [6.07, 6.45) is 2.18. The highest BCUT2D eigenvalue weighted by atomic mass is 35.5. The van der Waals surface area contributed by atoms with Gasteiger partial charge in [-0.25, -0.2) is 0 Å². The van der Waals surface area contributed by atoms with Crippen molar-refractivity contribution in [2.24, 2.45) is 0 Å². The van der Waals surface area contributed by atoms with Crippen molar-refractivity contribution in [2.45, 2.75) is 25.6 Å². The number of halogens is 3. The van der Waals surface area contributed by atoms with Gasteiger partial charge in [0.1, 0.15) is 18.4 Å². The first kappa shape index (κ1) is 23.5. The maximum absolute atomic E-state index is 12.0. The van der Waals surface area contributed by atoms with Gasteiger partial charge in [-0.05, 0) is 42.0 Å². The van der Waals surface area contributed by atoms with Gasteiger partial charge in [-0.3, -0.25) is 10.1 Å². The standard InChI is InChI=1S/C25H21Cl3N2O3/c26-18-7-8-24(33-14-15-5-6-19(27)11-21(15)28)17(9-18)13-30-23(25(31)32)10-16-12-29-22-4-2-1-3-20(16)22/h1-9,11-12,23,29-30H,10,13-14H2,(H,31,32)/t23-/m0/s1. The smallest absolute Gasteiger partial charge is 0.321 e. The minimum Gasteiger partial charge on any atom is -0.489 e. The van der Waals surface area contributed by atoms with E-state index in [0.29, 0.717) is 27.2 Å². The fourth-order valence-electron chi connectivity index (χ4n) is 3.62. The monoisotopic (exact) mass is 502 g/mol. The molecule has 170 valence electrons. The number of nitrogens with one attached hydrogen (secondary N) is 2. The van der Waals surface area contributed by atoms with Crippen molar-refractivity contribution >= 4 is 51.7 Å². The topological polar surface area (TPSA) is 74.3 Å². The van der Waals surface area contributed by atoms with E-state index in [4.69, 9.17) is 39.5 Å². The van der Waals surface area contributed by atoms with Crippen LogP contribution in [0, 0.1) is 0 Å². The van der Waals surface area contributed by atoms with Gasteiger partial charge in [-0.2, -0.15) is 0 Å². The second kappa shape index (κ2) is 10.5. The van der Waals surface area contributed by atoms with Gasteiger partial charge in [0, 0.05) is 56.3 Å². The number of rotatable bonds is 9. The Hall–Kier alpha value is -2.70. The molecule has 5 nitrogen and oxygen atoms in total. The quantitative estimate of drug-likeness (QED) is 0.244. The molecule has 0 saturated heterocycles. The van der Waals surface area contributed by atoms with Crippen LogP contribution in [-0.4, -0.2) is 22.1 Å². The number of benzene rings is 3. The van der Waals surface area contributed by atoms with Crippen LogP contribution < -0.4 is 10.1 Å². The molecule has 1 heterocycles. The average molecular weight is 504 g/mol. The van der Waals surface area contributed by atoms with Gasteiger partial charge >= 0.3 is 5.97 Å². The minimum absolute atomic E-state index is 0.238. The van der Waals surface area contributed by atoms with Gasteiger partial charge < -0.3 is 14.8 Å². The minimum atomic E-state index is -0.933. The number of hydrogen-bond donors (Lipinski definition) is 3. The zero-order valence-corrected chi connectivity index (χ0v) is 19.7. The second-order valence-electron chi connectivity index (χ2n) is 7.61. The Labute approximate surface area is 206 Å². The lowest BCUT2D eigenvalue weighted by molar-refractivity contribution is -0.139. The maximum Gasteiger partial charge on any atom is 0.321 e. The molecule has 3 aromatic carbocycles. The largest absolute Gasteiger partial charge is 0.489 e. The summed E-state index contributed by atoms with van der Waals surface area (Å²) in [6, 6.07) is 17.5. The van der Waals surface area contributed by atoms with Crippen molar-refractivity contribution in [3.8, 4) is 5.75 Å². The molecule has 0 fully saturated rings. The molecule has 0 aliphatic heterocycles. The van der Waals surface area contributed by atoms with E-state index < -0.39 is 12.0 Å². The van der Waals surface area contributed by atoms with Gasteiger partial charge in [-0.15, -0.1) is 0 Å². The van der Waals surface area contributed by atoms with E-state index in [-0.39, 0.29) is 13.2 Å². The number of aromatic amines is 1. The van der Waals surface area contributed by atoms with Crippen molar-refractivity contribution in [1.29, 1.82) is 0 Å². The van der Waals surface area contributed by atoms with E-state index in [1.807, 2.05) is 30.5 Å². The first-order chi connectivity index (χ1) is 15.9. The van der Waals surface area contributed by atoms with Crippen molar-refractivity contribution in [2.75, 3.05) is 0 Å². The highest BCUT2D eigenvalue weighted by molar-refractivity contribution is 6.35. The normalized spacial score (nSPS) is 12.1. The molecule has 0 radical (unpaired) electrons. The summed E-state index contributed by atoms with van der Waals surface area (Å²) in [4.78, 5) is 15.1. The molecular weight excluding hydrogens is 483 g/mol. The molecule has 0 saturated carbocycles. The summed E-state index contributed by atoms with van der Waals surface area (Å²) in [7, 11) is 0. The van der Waals surface area contributed by atoms with E-state index >= 15 is 0 Å². The molecule has 3 N–H and O–H groups in total. The second-order valence-corrected chi connectivity index (χ2v) is 8.89. The van der Waals surface area contributed by atoms with Gasteiger partial charge in [-0.1, -0.05) is 59.1 Å². The molecule has 33 heavy (non-hydrogen) atoms. The Balaban J connectivity index is 1.47. The third-order valence-electron chi connectivity index (χ3n) is 5.36. The van der Waals surface area contributed by atoms with Gasteiger partial charge in [0.05, 0.1) is 0 Å². The van der Waals surface area contributed by atoms with Gasteiger partial charge in [0.2, 0.25) is 0 Å². The predicted octanol–water partition coefficient (Wildman–Crippen LogP) is 6.49. The summed E-state index contributed by atoms with van der Waals surface area (Å²) >= 11 is 18.4. The lowest BCUT2D eigenvalue weighted by Crippen LogP contribution is -2.38. The number of carbonyl (C=O) groups is 1. The van der Waals surface area contributed by atoms with Crippen LogP contribution >= 0.6 is 34.8 Å². The summed E-state index contributed by atoms with van der Waals surface area (Å²) in [5.74, 6) is -0.341. The number of H-pyrrole nitrogens is 1. The number of ether oxygens (including phenoxy) is 1. The Morgan fingerprint density at radius 1 is 0.970 bits per heavy atom. The summed E-state index contributed by atoms with van der Waals surface area (Å²) in [5.41, 5.74) is 3.45. The van der Waals surface area contributed by atoms with E-state index in [2.05, 4.69) is 10.3 Å². The van der Waals surface area contributed by atoms with E-state index in [9.17, 15) is 9.90 Å². The molecule has 0 spiro atoms. The molecule has 0 unspecified atom stereocenters. The summed E-state index contributed by atoms with van der Waals surface area (Å²) in [5, 5.41) is 15.5. The number of carboxylic acids is 1. The zero-order valence-electron chi connectivity index (χ0n) is 17.4. The van der Waals surface area contributed by atoms with Crippen molar-refractivity contribution in [3.63, 3.8) is 0 Å². The van der Waals surface area contributed by atoms with Crippen LogP contribution in [0.2, 0.25) is 15.1 Å². The maximum atomic E-state index is 12.0. The van der Waals surface area contributed by atoms with E-state index in [1.165, 1.54) is 0 Å². The van der Waals surface area contributed by atoms with Crippen LogP contribution in [-0.2, 0) is 24.4 Å². The third kappa shape index (κ3) is 5.81. The fourth-order valence-corrected chi connectivity index (χ4v) is 4.28. The highest BCUT2D eigenvalue weighted by Gasteiger charge is 2.20. The highest BCUT2D eigenvalue weighted by Crippen LogP contribution is 2.27. The summed E-state index contributed by atoms with van der Waals surface area (Å²) in [6.45, 7) is 0.506. The van der Waals surface area contributed by atoms with Crippen molar-refractivity contribution < 1.29 is 14.6 Å². The zero-order chi connectivity index (χ0) is 23.4. The van der Waals surface area contributed by atoms with Crippen LogP contribution in [0.3, 0.4) is 0 Å². The Kier molecular flexibility index (Phi) is 7.46. The lowest BCUT2D eigenvalue weighted by Gasteiger charge is -2.17. The lowest BCUT2D eigenvalue weighted by atomic mass is 10.0. The Morgan fingerprint density at radius 3 is 2.52 bits per heavy atom. The number of para-hydroxylation sites is 1. The molecule has 1 atom stereocenters. The molecule has 1 aromatic heterocycles. The first-order valence-electron chi connectivity index (χ1n) is 10.3. The van der Waals surface area contributed by atoms with Crippen LogP contribution in [0.5, 0.6) is 5.75 Å². The van der Waals surface area contributed by atoms with E-state index in [0.717, 1.165) is 27.6 Å². The molecule has 0 aliphatic rings. The molecule has 0 bridgehead atoms. The SMILES string of the molecule is O=C(O)[C@H](Cc1c[nH]c2ccccc12)NCc1cc(Cl)ccc1OCc1ccc(Cl)cc1Cl. The predicted molar refractivity (Wildman–Crippen MR) is 133 cm³/mol. The Morgan fingerprint density at radius 2 is 1.73 bits per heavy atom. The Bertz CT molecular complexity index is 1290. The van der Waals surface area contributed by atoms with Crippen molar-refractivity contribution in [1.82, 2.24) is 10.3 Å². The fraction of sp³-hybridized carbons (Fsp3) is 0.160. The number of fused-ring (bicyclic) bond motifs is 1. The number of carboxylic acid groups (broad SMARTS) is 1. The molecule has 0 amide bonds. The van der Waals surface area contributed by atoms with E-state index in [1.54, 1.807) is 36.4 Å². The van der Waals surface area contributed by atoms with Crippen molar-refractivity contribution in [3.05, 3.63) is 98.6 Å². The molecular formula is C25H21Cl3N2O3. The number of aliphatic carboxylic acids is 1. The molecule has 4 aromatic rings. The number of aromatic nitrogens is 1. The molecule has 4 rings (SSSR count). The van der Waals surface area contributed by atoms with Crippen LogP contribution in [0.4, 0.5) is 0 Å². The molecule has 8 heteroatoms. The summed E-state index contributed by atoms with van der Waals surface area (Å²) < 4.78 is 5.98. The van der Waals surface area contributed by atoms with Crippen LogP contribution in [0.25, 0.3) is 10.9 Å².